The summed E-state index contributed by atoms with van der Waals surface area (Å²) >= 11 is 0. The number of urea groups is 1. The number of hydrogen-bond donors (Lipinski definition) is 1. The van der Waals surface area contributed by atoms with Crippen molar-refractivity contribution < 1.29 is 9.59 Å². The standard InChI is InChI=1S/C15H28N4O2/c1-12(10-16)17(2)14(20)13-6-5-9-19(11-13)15(21)18-7-3-4-8-18/h12-13H,3-11,16H2,1-2H3. The van der Waals surface area contributed by atoms with Gasteiger partial charge in [0.25, 0.3) is 0 Å². The van der Waals surface area contributed by atoms with Gasteiger partial charge in [0.2, 0.25) is 5.91 Å². The van der Waals surface area contributed by atoms with Crippen molar-refractivity contribution in [3.05, 3.63) is 0 Å². The fraction of sp³-hybridized carbons (Fsp3) is 0.867. The maximum Gasteiger partial charge on any atom is 0.320 e. The summed E-state index contributed by atoms with van der Waals surface area (Å²) < 4.78 is 0. The van der Waals surface area contributed by atoms with Crippen molar-refractivity contribution in [2.45, 2.75) is 38.6 Å². The average Bonchev–Trinajstić information content (AvgIpc) is 3.06. The Morgan fingerprint density at radius 1 is 1.19 bits per heavy atom. The van der Waals surface area contributed by atoms with E-state index in [1.165, 1.54) is 0 Å². The van der Waals surface area contributed by atoms with Crippen LogP contribution in [0.1, 0.15) is 32.6 Å². The molecule has 2 heterocycles. The number of piperidine rings is 1. The third kappa shape index (κ3) is 3.67. The number of nitrogens with two attached hydrogens (primary N) is 1. The maximum absolute atomic E-state index is 12.5. The van der Waals surface area contributed by atoms with Crippen molar-refractivity contribution in [3.8, 4) is 0 Å². The summed E-state index contributed by atoms with van der Waals surface area (Å²) in [4.78, 5) is 30.4. The van der Waals surface area contributed by atoms with Gasteiger partial charge in [-0.25, -0.2) is 4.79 Å². The SMILES string of the molecule is CC(CN)N(C)C(=O)C1CCCN(C(=O)N2CCCC2)C1. The molecule has 21 heavy (non-hydrogen) atoms. The molecule has 3 amide bonds. The zero-order chi connectivity index (χ0) is 15.4. The molecule has 0 radical (unpaired) electrons. The largest absolute Gasteiger partial charge is 0.341 e. The number of likely N-dealkylation sites (N-methyl/N-ethyl adjacent to an activating group) is 1. The first-order valence-corrected chi connectivity index (χ1v) is 8.05. The molecule has 2 atom stereocenters. The first-order chi connectivity index (χ1) is 10.0. The van der Waals surface area contributed by atoms with Gasteiger partial charge in [-0.2, -0.15) is 0 Å². The van der Waals surface area contributed by atoms with Crippen molar-refractivity contribution in [2.24, 2.45) is 11.7 Å². The highest BCUT2D eigenvalue weighted by molar-refractivity contribution is 5.81. The summed E-state index contributed by atoms with van der Waals surface area (Å²) in [6.45, 7) is 5.46. The van der Waals surface area contributed by atoms with Crippen molar-refractivity contribution in [1.82, 2.24) is 14.7 Å². The van der Waals surface area contributed by atoms with Crippen molar-refractivity contribution >= 4 is 11.9 Å². The third-order valence-corrected chi connectivity index (χ3v) is 4.77. The average molecular weight is 296 g/mol. The Kier molecular flexibility index (Phi) is 5.45. The molecule has 0 aliphatic carbocycles. The number of nitrogens with zero attached hydrogens (tertiary/aromatic N) is 3. The highest BCUT2D eigenvalue weighted by Crippen LogP contribution is 2.21. The van der Waals surface area contributed by atoms with Gasteiger partial charge in [0.15, 0.2) is 0 Å². The summed E-state index contributed by atoms with van der Waals surface area (Å²) in [5.41, 5.74) is 5.63. The van der Waals surface area contributed by atoms with Crippen LogP contribution in [0.25, 0.3) is 0 Å². The van der Waals surface area contributed by atoms with E-state index in [0.29, 0.717) is 13.1 Å². The van der Waals surface area contributed by atoms with Gasteiger partial charge in [-0.15, -0.1) is 0 Å². The number of amides is 3. The van der Waals surface area contributed by atoms with Crippen molar-refractivity contribution in [2.75, 3.05) is 39.8 Å². The van der Waals surface area contributed by atoms with Gasteiger partial charge in [0.1, 0.15) is 0 Å². The molecule has 0 bridgehead atoms. The molecule has 2 N–H and O–H groups in total. The predicted molar refractivity (Wildman–Crippen MR) is 81.8 cm³/mol. The second-order valence-electron chi connectivity index (χ2n) is 6.30. The van der Waals surface area contributed by atoms with Crippen LogP contribution < -0.4 is 5.73 Å². The van der Waals surface area contributed by atoms with E-state index in [0.717, 1.165) is 45.3 Å². The lowest BCUT2D eigenvalue weighted by atomic mass is 9.96. The third-order valence-electron chi connectivity index (χ3n) is 4.77. The summed E-state index contributed by atoms with van der Waals surface area (Å²) in [5.74, 6) is 0.0381. The van der Waals surface area contributed by atoms with Crippen LogP contribution in [0.5, 0.6) is 0 Å². The fourth-order valence-electron chi connectivity index (χ4n) is 3.12. The Morgan fingerprint density at radius 3 is 2.43 bits per heavy atom. The molecular formula is C15H28N4O2. The minimum atomic E-state index is -0.0793. The van der Waals surface area contributed by atoms with Crippen molar-refractivity contribution in [1.29, 1.82) is 0 Å². The van der Waals surface area contributed by atoms with Gasteiger partial charge >= 0.3 is 6.03 Å². The van der Waals surface area contributed by atoms with Crippen molar-refractivity contribution in [3.63, 3.8) is 0 Å². The lowest BCUT2D eigenvalue weighted by molar-refractivity contribution is -0.137. The van der Waals surface area contributed by atoms with Crippen LogP contribution in [0.15, 0.2) is 0 Å². The lowest BCUT2D eigenvalue weighted by Crippen LogP contribution is -2.51. The molecule has 6 heteroatoms. The molecule has 2 aliphatic heterocycles. The molecule has 2 rings (SSSR count). The maximum atomic E-state index is 12.5. The molecule has 0 spiro atoms. The van der Waals surface area contributed by atoms with E-state index in [4.69, 9.17) is 5.73 Å². The second-order valence-corrected chi connectivity index (χ2v) is 6.30. The Hall–Kier alpha value is -1.30. The highest BCUT2D eigenvalue weighted by atomic mass is 16.2. The van der Waals surface area contributed by atoms with Crippen LogP contribution in [0, 0.1) is 5.92 Å². The quantitative estimate of drug-likeness (QED) is 0.834. The molecule has 2 unspecified atom stereocenters. The van der Waals surface area contributed by atoms with Crippen LogP contribution in [0.3, 0.4) is 0 Å². The van der Waals surface area contributed by atoms with Crippen LogP contribution in [-0.2, 0) is 4.79 Å². The lowest BCUT2D eigenvalue weighted by Gasteiger charge is -2.37. The molecular weight excluding hydrogens is 268 g/mol. The van der Waals surface area contributed by atoms with E-state index in [9.17, 15) is 9.59 Å². The number of likely N-dealkylation sites (tertiary alicyclic amines) is 2. The second kappa shape index (κ2) is 7.11. The first-order valence-electron chi connectivity index (χ1n) is 8.05. The molecule has 0 aromatic heterocycles. The number of hydrogen-bond acceptors (Lipinski definition) is 3. The number of rotatable bonds is 3. The molecule has 2 aliphatic rings. The van der Waals surface area contributed by atoms with Crippen LogP contribution >= 0.6 is 0 Å². The van der Waals surface area contributed by atoms with E-state index in [2.05, 4.69) is 0 Å². The summed E-state index contributed by atoms with van der Waals surface area (Å²) in [5, 5.41) is 0. The molecule has 0 saturated carbocycles. The molecule has 0 aromatic carbocycles. The summed E-state index contributed by atoms with van der Waals surface area (Å²) in [6.07, 6.45) is 3.96. The molecule has 0 aromatic rings. The topological polar surface area (TPSA) is 69.9 Å². The highest BCUT2D eigenvalue weighted by Gasteiger charge is 2.33. The van der Waals surface area contributed by atoms with Crippen LogP contribution in [0.4, 0.5) is 4.79 Å². The van der Waals surface area contributed by atoms with E-state index >= 15 is 0 Å². The smallest absolute Gasteiger partial charge is 0.320 e. The van der Waals surface area contributed by atoms with E-state index < -0.39 is 0 Å². The number of carbonyl (C=O) groups is 2. The van der Waals surface area contributed by atoms with Gasteiger partial charge in [-0.05, 0) is 32.6 Å². The Bertz CT molecular complexity index is 382. The molecule has 120 valence electrons. The molecule has 2 saturated heterocycles. The normalized spacial score (nSPS) is 24.0. The van der Waals surface area contributed by atoms with Crippen LogP contribution in [-0.4, -0.2) is 72.5 Å². The van der Waals surface area contributed by atoms with Gasteiger partial charge in [-0.3, -0.25) is 4.79 Å². The Balaban J connectivity index is 1.93. The molecule has 6 nitrogen and oxygen atoms in total. The van der Waals surface area contributed by atoms with E-state index in [1.807, 2.05) is 16.7 Å². The minimum absolute atomic E-state index is 0.0437. The van der Waals surface area contributed by atoms with Crippen LogP contribution in [0.2, 0.25) is 0 Å². The van der Waals surface area contributed by atoms with E-state index in [1.54, 1.807) is 11.9 Å². The fourth-order valence-corrected chi connectivity index (χ4v) is 3.12. The zero-order valence-electron chi connectivity index (χ0n) is 13.3. The first kappa shape index (κ1) is 16.1. The van der Waals surface area contributed by atoms with Gasteiger partial charge in [-0.1, -0.05) is 0 Å². The Labute approximate surface area is 127 Å². The van der Waals surface area contributed by atoms with Gasteiger partial charge in [0, 0.05) is 45.8 Å². The molecule has 2 fully saturated rings. The van der Waals surface area contributed by atoms with Gasteiger partial charge in [0.05, 0.1) is 5.92 Å². The minimum Gasteiger partial charge on any atom is -0.341 e. The summed E-state index contributed by atoms with van der Waals surface area (Å²) in [7, 11) is 1.81. The summed E-state index contributed by atoms with van der Waals surface area (Å²) in [6, 6.07) is 0.154. The monoisotopic (exact) mass is 296 g/mol. The predicted octanol–water partition coefficient (Wildman–Crippen LogP) is 0.720. The van der Waals surface area contributed by atoms with Gasteiger partial charge < -0.3 is 20.4 Å². The zero-order valence-corrected chi connectivity index (χ0v) is 13.3. The van der Waals surface area contributed by atoms with E-state index in [-0.39, 0.29) is 23.9 Å². The Morgan fingerprint density at radius 2 is 1.81 bits per heavy atom. The number of carbonyl (C=O) groups excluding carboxylic acids is 2.